The second-order valence-electron chi connectivity index (χ2n) is 7.14. The number of carbonyl (C=O) groups excluding carboxylic acids is 2. The van der Waals surface area contributed by atoms with Crippen molar-refractivity contribution in [2.45, 2.75) is 25.6 Å². The molecular weight excluding hydrogens is 342 g/mol. The topological polar surface area (TPSA) is 70.7 Å². The minimum absolute atomic E-state index is 0.0464. The monoisotopic (exact) mass is 365 g/mol. The molecule has 2 bridgehead atoms. The van der Waals surface area contributed by atoms with Gasteiger partial charge in [0.15, 0.2) is 0 Å². The summed E-state index contributed by atoms with van der Waals surface area (Å²) in [5, 5.41) is 5.91. The Labute approximate surface area is 158 Å². The third-order valence-electron chi connectivity index (χ3n) is 5.21. The van der Waals surface area contributed by atoms with Crippen LogP contribution in [-0.2, 0) is 9.53 Å². The zero-order valence-electron chi connectivity index (χ0n) is 15.2. The van der Waals surface area contributed by atoms with Crippen LogP contribution in [0.3, 0.4) is 0 Å². The molecule has 6 heteroatoms. The van der Waals surface area contributed by atoms with E-state index in [1.165, 1.54) is 0 Å². The minimum atomic E-state index is -0.268. The van der Waals surface area contributed by atoms with Gasteiger partial charge >= 0.3 is 6.03 Å². The third kappa shape index (κ3) is 3.80. The van der Waals surface area contributed by atoms with E-state index in [0.717, 1.165) is 16.9 Å². The van der Waals surface area contributed by atoms with E-state index in [1.54, 1.807) is 4.90 Å². The zero-order valence-corrected chi connectivity index (χ0v) is 15.2. The van der Waals surface area contributed by atoms with Gasteiger partial charge in [-0.25, -0.2) is 4.79 Å². The maximum absolute atomic E-state index is 12.7. The molecule has 2 heterocycles. The molecule has 140 valence electrons. The van der Waals surface area contributed by atoms with E-state index in [2.05, 4.69) is 10.6 Å². The van der Waals surface area contributed by atoms with Gasteiger partial charge in [0.1, 0.15) is 0 Å². The number of anilines is 2. The summed E-state index contributed by atoms with van der Waals surface area (Å²) in [4.78, 5) is 27.1. The SMILES string of the molecule is Cc1ccccc1NC(=O)N1C[C@H]2C[C@H](C(=O)Nc3ccccc3)[C@@H](C1)O2. The van der Waals surface area contributed by atoms with E-state index in [1.807, 2.05) is 61.5 Å². The number of rotatable bonds is 3. The molecule has 0 aromatic heterocycles. The molecule has 2 fully saturated rings. The van der Waals surface area contributed by atoms with E-state index in [0.29, 0.717) is 19.5 Å². The molecule has 2 aromatic rings. The van der Waals surface area contributed by atoms with Crippen molar-refractivity contribution in [2.24, 2.45) is 5.92 Å². The van der Waals surface area contributed by atoms with Gasteiger partial charge in [-0.2, -0.15) is 0 Å². The van der Waals surface area contributed by atoms with Gasteiger partial charge in [0.05, 0.1) is 18.1 Å². The molecule has 2 aliphatic rings. The summed E-state index contributed by atoms with van der Waals surface area (Å²) in [6.45, 7) is 2.88. The molecule has 27 heavy (non-hydrogen) atoms. The highest BCUT2D eigenvalue weighted by atomic mass is 16.5. The lowest BCUT2D eigenvalue weighted by atomic mass is 9.99. The van der Waals surface area contributed by atoms with Crippen LogP contribution in [0.15, 0.2) is 54.6 Å². The first-order valence-electron chi connectivity index (χ1n) is 9.23. The maximum atomic E-state index is 12.7. The number of fused-ring (bicyclic) bond motifs is 2. The lowest BCUT2D eigenvalue weighted by Gasteiger charge is -2.32. The van der Waals surface area contributed by atoms with Crippen LogP contribution in [0.5, 0.6) is 0 Å². The number of nitrogens with one attached hydrogen (secondary N) is 2. The Hall–Kier alpha value is -2.86. The van der Waals surface area contributed by atoms with Crippen molar-refractivity contribution in [1.29, 1.82) is 0 Å². The molecule has 0 saturated carbocycles. The molecule has 6 nitrogen and oxygen atoms in total. The normalized spacial score (nSPS) is 23.7. The van der Waals surface area contributed by atoms with Gasteiger partial charge in [0.2, 0.25) is 5.91 Å². The van der Waals surface area contributed by atoms with E-state index < -0.39 is 0 Å². The maximum Gasteiger partial charge on any atom is 0.322 e. The Bertz CT molecular complexity index is 840. The van der Waals surface area contributed by atoms with Crippen LogP contribution in [0.2, 0.25) is 0 Å². The van der Waals surface area contributed by atoms with Gasteiger partial charge in [0, 0.05) is 24.5 Å². The van der Waals surface area contributed by atoms with E-state index >= 15 is 0 Å². The number of carbonyl (C=O) groups is 2. The smallest absolute Gasteiger partial charge is 0.322 e. The van der Waals surface area contributed by atoms with Gasteiger partial charge in [-0.15, -0.1) is 0 Å². The molecule has 0 spiro atoms. The molecule has 0 radical (unpaired) electrons. The molecule has 2 saturated heterocycles. The number of hydrogen-bond donors (Lipinski definition) is 2. The summed E-state index contributed by atoms with van der Waals surface area (Å²) in [5.74, 6) is -0.290. The lowest BCUT2D eigenvalue weighted by Crippen LogP contribution is -2.49. The van der Waals surface area contributed by atoms with Gasteiger partial charge in [-0.1, -0.05) is 36.4 Å². The number of likely N-dealkylation sites (tertiary alicyclic amines) is 1. The average Bonchev–Trinajstić information content (AvgIpc) is 2.98. The number of aryl methyl sites for hydroxylation is 1. The number of morpholine rings is 1. The standard InChI is InChI=1S/C21H23N3O3/c1-14-7-5-6-10-18(14)23-21(26)24-12-16-11-17(19(13-24)27-16)20(25)22-15-8-3-2-4-9-15/h2-10,16-17,19H,11-13H2,1H3,(H,22,25)(H,23,26)/t16-,17+,19-/m1/s1. The molecule has 3 atom stereocenters. The number of urea groups is 1. The predicted octanol–water partition coefficient (Wildman–Crippen LogP) is 3.25. The van der Waals surface area contributed by atoms with Gasteiger partial charge in [-0.05, 0) is 37.1 Å². The third-order valence-corrected chi connectivity index (χ3v) is 5.21. The van der Waals surface area contributed by atoms with E-state index in [-0.39, 0.29) is 30.1 Å². The van der Waals surface area contributed by atoms with Crippen molar-refractivity contribution < 1.29 is 14.3 Å². The van der Waals surface area contributed by atoms with Crippen LogP contribution < -0.4 is 10.6 Å². The zero-order chi connectivity index (χ0) is 18.8. The second kappa shape index (κ2) is 7.40. The van der Waals surface area contributed by atoms with Crippen LogP contribution >= 0.6 is 0 Å². The van der Waals surface area contributed by atoms with Gasteiger partial charge < -0.3 is 20.3 Å². The van der Waals surface area contributed by atoms with Gasteiger partial charge in [-0.3, -0.25) is 4.79 Å². The number of hydrogen-bond acceptors (Lipinski definition) is 3. The molecule has 2 aromatic carbocycles. The Balaban J connectivity index is 1.39. The Kier molecular flexibility index (Phi) is 4.81. The van der Waals surface area contributed by atoms with Crippen LogP contribution in [0.1, 0.15) is 12.0 Å². The number of benzene rings is 2. The Morgan fingerprint density at radius 1 is 1.00 bits per heavy atom. The second-order valence-corrected chi connectivity index (χ2v) is 7.14. The quantitative estimate of drug-likeness (QED) is 0.877. The molecule has 2 N–H and O–H groups in total. The first-order chi connectivity index (χ1) is 13.1. The highest BCUT2D eigenvalue weighted by molar-refractivity contribution is 5.94. The highest BCUT2D eigenvalue weighted by Gasteiger charge is 2.45. The van der Waals surface area contributed by atoms with Crippen LogP contribution in [0.4, 0.5) is 16.2 Å². The summed E-state index contributed by atoms with van der Waals surface area (Å²) < 4.78 is 5.94. The Morgan fingerprint density at radius 2 is 1.74 bits per heavy atom. The predicted molar refractivity (Wildman–Crippen MR) is 104 cm³/mol. The summed E-state index contributed by atoms with van der Waals surface area (Å²) in [6, 6.07) is 16.9. The van der Waals surface area contributed by atoms with Crippen LogP contribution in [-0.4, -0.2) is 42.1 Å². The lowest BCUT2D eigenvalue weighted by molar-refractivity contribution is -0.122. The molecule has 0 aliphatic carbocycles. The van der Waals surface area contributed by atoms with Crippen molar-refractivity contribution in [3.05, 3.63) is 60.2 Å². The average molecular weight is 365 g/mol. The summed E-state index contributed by atoms with van der Waals surface area (Å²) >= 11 is 0. The van der Waals surface area contributed by atoms with Crippen LogP contribution in [0, 0.1) is 12.8 Å². The number of ether oxygens (including phenoxy) is 1. The van der Waals surface area contributed by atoms with Crippen molar-refractivity contribution in [1.82, 2.24) is 4.90 Å². The van der Waals surface area contributed by atoms with Crippen LogP contribution in [0.25, 0.3) is 0 Å². The fourth-order valence-corrected chi connectivity index (χ4v) is 3.76. The molecule has 4 rings (SSSR count). The van der Waals surface area contributed by atoms with E-state index in [4.69, 9.17) is 4.74 Å². The fourth-order valence-electron chi connectivity index (χ4n) is 3.76. The van der Waals surface area contributed by atoms with Crippen molar-refractivity contribution >= 4 is 23.3 Å². The first-order valence-corrected chi connectivity index (χ1v) is 9.23. The van der Waals surface area contributed by atoms with Crippen molar-refractivity contribution in [2.75, 3.05) is 23.7 Å². The number of amides is 3. The van der Waals surface area contributed by atoms with Crippen molar-refractivity contribution in [3.63, 3.8) is 0 Å². The fraction of sp³-hybridized carbons (Fsp3) is 0.333. The minimum Gasteiger partial charge on any atom is -0.370 e. The van der Waals surface area contributed by atoms with Crippen molar-refractivity contribution in [3.8, 4) is 0 Å². The Morgan fingerprint density at radius 3 is 2.52 bits per heavy atom. The summed E-state index contributed by atoms with van der Waals surface area (Å²) in [6.07, 6.45) is 0.269. The summed E-state index contributed by atoms with van der Waals surface area (Å²) in [5.41, 5.74) is 2.60. The first kappa shape index (κ1) is 17.5. The molecule has 2 aliphatic heterocycles. The molecule has 3 amide bonds. The largest absolute Gasteiger partial charge is 0.370 e. The molecule has 0 unspecified atom stereocenters. The van der Waals surface area contributed by atoms with Gasteiger partial charge in [0.25, 0.3) is 0 Å². The molecular formula is C21H23N3O3. The highest BCUT2D eigenvalue weighted by Crippen LogP contribution is 2.33. The summed E-state index contributed by atoms with van der Waals surface area (Å²) in [7, 11) is 0. The number of para-hydroxylation sites is 2. The van der Waals surface area contributed by atoms with E-state index in [9.17, 15) is 9.59 Å². The number of nitrogens with zero attached hydrogens (tertiary/aromatic N) is 1.